The van der Waals surface area contributed by atoms with Gasteiger partial charge in [-0.15, -0.1) is 0 Å². The first-order valence-corrected chi connectivity index (χ1v) is 5.89. The van der Waals surface area contributed by atoms with E-state index in [2.05, 4.69) is 52.1 Å². The van der Waals surface area contributed by atoms with Crippen molar-refractivity contribution < 1.29 is 0 Å². The molecule has 2 aromatic rings. The van der Waals surface area contributed by atoms with Crippen molar-refractivity contribution in [2.45, 2.75) is 13.0 Å². The molecule has 0 spiro atoms. The quantitative estimate of drug-likeness (QED) is 0.915. The third-order valence-electron chi connectivity index (χ3n) is 2.52. The molecule has 0 aliphatic rings. The van der Waals surface area contributed by atoms with Crippen LogP contribution in [0.2, 0.25) is 0 Å². The summed E-state index contributed by atoms with van der Waals surface area (Å²) >= 11 is 3.40. The summed E-state index contributed by atoms with van der Waals surface area (Å²) in [5.74, 6) is 0. The largest absolute Gasteiger partial charge is 0.320 e. The molecule has 0 radical (unpaired) electrons. The number of rotatable bonds is 2. The summed E-state index contributed by atoms with van der Waals surface area (Å²) < 4.78 is 0.951. The lowest BCUT2D eigenvalue weighted by atomic mass is 10.0. The van der Waals surface area contributed by atoms with Gasteiger partial charge < -0.3 is 5.73 Å². The minimum atomic E-state index is -0.120. The van der Waals surface area contributed by atoms with Crippen LogP contribution >= 0.6 is 15.9 Å². The second kappa shape index (κ2) is 4.76. The molecule has 0 fully saturated rings. The van der Waals surface area contributed by atoms with Crippen molar-refractivity contribution in [1.29, 1.82) is 0 Å². The molecular formula is C13H13BrN2. The molecular weight excluding hydrogens is 264 g/mol. The fourth-order valence-corrected chi connectivity index (χ4v) is 1.95. The number of nitrogens with zero attached hydrogens (tertiary/aromatic N) is 1. The molecule has 1 aromatic heterocycles. The summed E-state index contributed by atoms with van der Waals surface area (Å²) in [6.45, 7) is 2.07. The molecule has 2 nitrogen and oxygen atoms in total. The average molecular weight is 277 g/mol. The minimum absolute atomic E-state index is 0.120. The number of hydrogen-bond donors (Lipinski definition) is 1. The first-order valence-electron chi connectivity index (χ1n) is 5.09. The monoisotopic (exact) mass is 276 g/mol. The van der Waals surface area contributed by atoms with Crippen molar-refractivity contribution in [2.75, 3.05) is 0 Å². The van der Waals surface area contributed by atoms with Crippen molar-refractivity contribution in [2.24, 2.45) is 5.73 Å². The highest BCUT2D eigenvalue weighted by atomic mass is 79.9. The van der Waals surface area contributed by atoms with Crippen molar-refractivity contribution in [3.05, 3.63) is 63.9 Å². The molecule has 82 valence electrons. The first-order chi connectivity index (χ1) is 7.66. The van der Waals surface area contributed by atoms with Gasteiger partial charge in [0.15, 0.2) is 0 Å². The zero-order chi connectivity index (χ0) is 11.5. The van der Waals surface area contributed by atoms with Crippen LogP contribution in [-0.4, -0.2) is 4.98 Å². The zero-order valence-electron chi connectivity index (χ0n) is 9.02. The highest BCUT2D eigenvalue weighted by molar-refractivity contribution is 9.10. The highest BCUT2D eigenvalue weighted by Gasteiger charge is 2.08. The molecule has 0 aliphatic heterocycles. The third kappa shape index (κ3) is 2.49. The maximum absolute atomic E-state index is 6.17. The van der Waals surface area contributed by atoms with E-state index in [0.29, 0.717) is 0 Å². The standard InChI is InChI=1S/C13H13BrN2/c1-9-2-4-10(5-3-9)13(15)11-6-12(14)8-16-7-11/h2-8,13H,15H2,1H3. The van der Waals surface area contributed by atoms with Crippen LogP contribution in [0.1, 0.15) is 22.7 Å². The summed E-state index contributed by atoms with van der Waals surface area (Å²) in [6.07, 6.45) is 3.56. The van der Waals surface area contributed by atoms with E-state index in [-0.39, 0.29) is 6.04 Å². The maximum atomic E-state index is 6.17. The fraction of sp³-hybridized carbons (Fsp3) is 0.154. The lowest BCUT2D eigenvalue weighted by molar-refractivity contribution is 0.861. The molecule has 1 aromatic carbocycles. The molecule has 1 heterocycles. The zero-order valence-corrected chi connectivity index (χ0v) is 10.6. The van der Waals surface area contributed by atoms with E-state index in [0.717, 1.165) is 15.6 Å². The second-order valence-corrected chi connectivity index (χ2v) is 4.74. The topological polar surface area (TPSA) is 38.9 Å². The predicted octanol–water partition coefficient (Wildman–Crippen LogP) is 3.20. The number of aromatic nitrogens is 1. The normalized spacial score (nSPS) is 12.4. The molecule has 16 heavy (non-hydrogen) atoms. The molecule has 1 atom stereocenters. The lowest BCUT2D eigenvalue weighted by Gasteiger charge is -2.12. The van der Waals surface area contributed by atoms with E-state index in [1.165, 1.54) is 5.56 Å². The Hall–Kier alpha value is -1.19. The molecule has 0 bridgehead atoms. The van der Waals surface area contributed by atoms with Crippen LogP contribution < -0.4 is 5.73 Å². The SMILES string of the molecule is Cc1ccc(C(N)c2cncc(Br)c2)cc1. The van der Waals surface area contributed by atoms with Crippen LogP contribution in [0, 0.1) is 6.92 Å². The van der Waals surface area contributed by atoms with Crippen molar-refractivity contribution in [1.82, 2.24) is 4.98 Å². The number of aryl methyl sites for hydroxylation is 1. The Bertz CT molecular complexity index is 480. The molecule has 0 amide bonds. The summed E-state index contributed by atoms with van der Waals surface area (Å²) in [5, 5.41) is 0. The van der Waals surface area contributed by atoms with Gasteiger partial charge in [-0.05, 0) is 40.0 Å². The number of benzene rings is 1. The van der Waals surface area contributed by atoms with Crippen molar-refractivity contribution in [3.63, 3.8) is 0 Å². The molecule has 0 aliphatic carbocycles. The van der Waals surface area contributed by atoms with Gasteiger partial charge in [-0.1, -0.05) is 29.8 Å². The number of pyridine rings is 1. The Labute approximate surface area is 104 Å². The molecule has 0 saturated heterocycles. The molecule has 0 saturated carbocycles. The van der Waals surface area contributed by atoms with Gasteiger partial charge in [0.05, 0.1) is 6.04 Å². The van der Waals surface area contributed by atoms with Gasteiger partial charge >= 0.3 is 0 Å². The number of nitrogens with two attached hydrogens (primary N) is 1. The average Bonchev–Trinajstić information content (AvgIpc) is 2.29. The second-order valence-electron chi connectivity index (χ2n) is 3.82. The number of halogens is 1. The summed E-state index contributed by atoms with van der Waals surface area (Å²) in [5.41, 5.74) is 9.53. The fourth-order valence-electron chi connectivity index (χ4n) is 1.56. The van der Waals surface area contributed by atoms with Crippen LogP contribution in [0.4, 0.5) is 0 Å². The van der Waals surface area contributed by atoms with Crippen LogP contribution in [0.15, 0.2) is 47.2 Å². The van der Waals surface area contributed by atoms with Gasteiger partial charge in [0, 0.05) is 16.9 Å². The van der Waals surface area contributed by atoms with Crippen LogP contribution in [-0.2, 0) is 0 Å². The van der Waals surface area contributed by atoms with Crippen LogP contribution in [0.25, 0.3) is 0 Å². The highest BCUT2D eigenvalue weighted by Crippen LogP contribution is 2.21. The maximum Gasteiger partial charge on any atom is 0.0567 e. The molecule has 2 rings (SSSR count). The van der Waals surface area contributed by atoms with Crippen molar-refractivity contribution in [3.8, 4) is 0 Å². The van der Waals surface area contributed by atoms with Gasteiger partial charge in [-0.2, -0.15) is 0 Å². The summed E-state index contributed by atoms with van der Waals surface area (Å²) in [6, 6.07) is 10.1. The van der Waals surface area contributed by atoms with E-state index < -0.39 is 0 Å². The Morgan fingerprint density at radius 2 is 1.81 bits per heavy atom. The lowest BCUT2D eigenvalue weighted by Crippen LogP contribution is -2.12. The van der Waals surface area contributed by atoms with Gasteiger partial charge in [-0.25, -0.2) is 0 Å². The van der Waals surface area contributed by atoms with Gasteiger partial charge in [0.1, 0.15) is 0 Å². The third-order valence-corrected chi connectivity index (χ3v) is 2.96. The van der Waals surface area contributed by atoms with Gasteiger partial charge in [0.25, 0.3) is 0 Å². The Morgan fingerprint density at radius 3 is 2.44 bits per heavy atom. The van der Waals surface area contributed by atoms with Crippen LogP contribution in [0.5, 0.6) is 0 Å². The van der Waals surface area contributed by atoms with E-state index >= 15 is 0 Å². The first kappa shape index (κ1) is 11.3. The molecule has 3 heteroatoms. The minimum Gasteiger partial charge on any atom is -0.320 e. The van der Waals surface area contributed by atoms with E-state index in [4.69, 9.17) is 5.73 Å². The van der Waals surface area contributed by atoms with E-state index in [9.17, 15) is 0 Å². The van der Waals surface area contributed by atoms with Gasteiger partial charge in [-0.3, -0.25) is 4.98 Å². The predicted molar refractivity (Wildman–Crippen MR) is 69.1 cm³/mol. The molecule has 2 N–H and O–H groups in total. The Balaban J connectivity index is 2.31. The Morgan fingerprint density at radius 1 is 1.12 bits per heavy atom. The van der Waals surface area contributed by atoms with Crippen molar-refractivity contribution >= 4 is 15.9 Å². The Kier molecular flexibility index (Phi) is 3.36. The van der Waals surface area contributed by atoms with Gasteiger partial charge in [0.2, 0.25) is 0 Å². The molecule has 1 unspecified atom stereocenters. The summed E-state index contributed by atoms with van der Waals surface area (Å²) in [7, 11) is 0. The number of hydrogen-bond acceptors (Lipinski definition) is 2. The van der Waals surface area contributed by atoms with E-state index in [1.54, 1.807) is 12.4 Å². The van der Waals surface area contributed by atoms with E-state index in [1.807, 2.05) is 6.07 Å². The smallest absolute Gasteiger partial charge is 0.0567 e. The van der Waals surface area contributed by atoms with Crippen LogP contribution in [0.3, 0.4) is 0 Å². The summed E-state index contributed by atoms with van der Waals surface area (Å²) in [4.78, 5) is 4.12.